The first-order valence-corrected chi connectivity index (χ1v) is 5.37. The van der Waals surface area contributed by atoms with E-state index in [1.54, 1.807) is 6.92 Å². The van der Waals surface area contributed by atoms with E-state index < -0.39 is 22.0 Å². The highest BCUT2D eigenvalue weighted by Crippen LogP contribution is 1.93. The third-order valence-corrected chi connectivity index (χ3v) is 2.86. The molecule has 0 spiro atoms. The van der Waals surface area contributed by atoms with Gasteiger partial charge in [0.25, 0.3) is 0 Å². The number of carbonyl (C=O) groups excluding carboxylic acids is 1. The van der Waals surface area contributed by atoms with Crippen LogP contribution in [0.15, 0.2) is 0 Å². The first kappa shape index (κ1) is 11.4. The van der Waals surface area contributed by atoms with Crippen LogP contribution < -0.4 is 10.5 Å². The normalized spacial score (nSPS) is 14.2. The fourth-order valence-electron chi connectivity index (χ4n) is 0.643. The van der Waals surface area contributed by atoms with Gasteiger partial charge in [0.05, 0.1) is 11.8 Å². The first-order chi connectivity index (χ1) is 5.43. The lowest BCUT2D eigenvalue weighted by Gasteiger charge is -2.11. The lowest BCUT2D eigenvalue weighted by atomic mass is 10.2. The maximum atomic E-state index is 11.0. The number of rotatable bonds is 5. The van der Waals surface area contributed by atoms with Crippen LogP contribution in [-0.4, -0.2) is 26.1 Å². The molecule has 0 rings (SSSR count). The summed E-state index contributed by atoms with van der Waals surface area (Å²) in [5.41, 5.74) is 4.94. The summed E-state index contributed by atoms with van der Waals surface area (Å²) in [6, 6.07) is -0.782. The second kappa shape index (κ2) is 4.42. The van der Waals surface area contributed by atoms with E-state index in [4.69, 9.17) is 5.73 Å². The summed E-state index contributed by atoms with van der Waals surface area (Å²) in [4.78, 5) is 10.6. The molecule has 0 aliphatic heterocycles. The second-order valence-electron chi connectivity index (χ2n) is 2.38. The molecule has 0 radical (unpaired) electrons. The Morgan fingerprint density at radius 2 is 2.00 bits per heavy atom. The number of hydrogen-bond donors (Lipinski definition) is 2. The number of sulfonamides is 1. The smallest absolute Gasteiger partial charge is 0.235 e. The summed E-state index contributed by atoms with van der Waals surface area (Å²) in [7, 11) is -3.33. The Labute approximate surface area is 72.4 Å². The van der Waals surface area contributed by atoms with Crippen molar-refractivity contribution in [1.82, 2.24) is 4.72 Å². The van der Waals surface area contributed by atoms with E-state index in [-0.39, 0.29) is 5.75 Å². The van der Waals surface area contributed by atoms with Crippen molar-refractivity contribution in [2.24, 2.45) is 5.73 Å². The lowest BCUT2D eigenvalue weighted by molar-refractivity contribution is -0.119. The first-order valence-electron chi connectivity index (χ1n) is 3.72. The van der Waals surface area contributed by atoms with Gasteiger partial charge in [0.15, 0.2) is 0 Å². The molecule has 0 saturated heterocycles. The number of hydrogen-bond acceptors (Lipinski definition) is 3. The molecule has 1 amide bonds. The van der Waals surface area contributed by atoms with Gasteiger partial charge in [0.2, 0.25) is 15.9 Å². The maximum Gasteiger partial charge on any atom is 0.235 e. The monoisotopic (exact) mass is 194 g/mol. The van der Waals surface area contributed by atoms with Crippen molar-refractivity contribution < 1.29 is 13.2 Å². The van der Waals surface area contributed by atoms with E-state index in [0.717, 1.165) is 0 Å². The third kappa shape index (κ3) is 3.68. The molecule has 1 unspecified atom stereocenters. The zero-order chi connectivity index (χ0) is 9.78. The van der Waals surface area contributed by atoms with Crippen LogP contribution in [0.4, 0.5) is 0 Å². The van der Waals surface area contributed by atoms with Crippen molar-refractivity contribution in [1.29, 1.82) is 0 Å². The minimum Gasteiger partial charge on any atom is -0.368 e. The Balaban J connectivity index is 4.32. The Kier molecular flexibility index (Phi) is 4.19. The van der Waals surface area contributed by atoms with E-state index in [1.165, 1.54) is 6.92 Å². The maximum absolute atomic E-state index is 11.0. The predicted molar refractivity (Wildman–Crippen MR) is 45.9 cm³/mol. The van der Waals surface area contributed by atoms with Crippen molar-refractivity contribution in [2.45, 2.75) is 26.3 Å². The summed E-state index contributed by atoms with van der Waals surface area (Å²) in [5, 5.41) is 0. The molecule has 0 aliphatic carbocycles. The van der Waals surface area contributed by atoms with Crippen molar-refractivity contribution in [3.63, 3.8) is 0 Å². The summed E-state index contributed by atoms with van der Waals surface area (Å²) in [6.07, 6.45) is 0.370. The quantitative estimate of drug-likeness (QED) is 0.599. The van der Waals surface area contributed by atoms with Gasteiger partial charge >= 0.3 is 0 Å². The van der Waals surface area contributed by atoms with Gasteiger partial charge in [-0.1, -0.05) is 6.92 Å². The van der Waals surface area contributed by atoms with E-state index in [0.29, 0.717) is 6.42 Å². The topological polar surface area (TPSA) is 89.3 Å². The Hall–Kier alpha value is -0.620. The molecule has 0 aromatic rings. The summed E-state index contributed by atoms with van der Waals surface area (Å²) in [5.74, 6) is -0.689. The van der Waals surface area contributed by atoms with Crippen LogP contribution in [0, 0.1) is 0 Å². The van der Waals surface area contributed by atoms with E-state index >= 15 is 0 Å². The van der Waals surface area contributed by atoms with Crippen molar-refractivity contribution in [3.8, 4) is 0 Å². The van der Waals surface area contributed by atoms with Gasteiger partial charge in [0.1, 0.15) is 0 Å². The Morgan fingerprint density at radius 1 is 1.50 bits per heavy atom. The molecule has 72 valence electrons. The largest absolute Gasteiger partial charge is 0.368 e. The SMILES string of the molecule is CCC(NS(=O)(=O)CC)C(N)=O. The summed E-state index contributed by atoms with van der Waals surface area (Å²) < 4.78 is 24.1. The van der Waals surface area contributed by atoms with Crippen LogP contribution in [-0.2, 0) is 14.8 Å². The lowest BCUT2D eigenvalue weighted by Crippen LogP contribution is -2.44. The molecule has 0 aromatic carbocycles. The van der Waals surface area contributed by atoms with Crippen molar-refractivity contribution in [2.75, 3.05) is 5.75 Å². The standard InChI is InChI=1S/C6H14N2O3S/c1-3-5(6(7)9)8-12(10,11)4-2/h5,8H,3-4H2,1-2H3,(H2,7,9). The highest BCUT2D eigenvalue weighted by molar-refractivity contribution is 7.89. The van der Waals surface area contributed by atoms with Crippen molar-refractivity contribution in [3.05, 3.63) is 0 Å². The van der Waals surface area contributed by atoms with Gasteiger partial charge in [-0.25, -0.2) is 13.1 Å². The minimum atomic E-state index is -3.33. The van der Waals surface area contributed by atoms with Crippen LogP contribution in [0.3, 0.4) is 0 Å². The fourth-order valence-corrected chi connectivity index (χ4v) is 1.53. The summed E-state index contributed by atoms with van der Waals surface area (Å²) in [6.45, 7) is 3.18. The van der Waals surface area contributed by atoms with E-state index in [2.05, 4.69) is 4.72 Å². The highest BCUT2D eigenvalue weighted by Gasteiger charge is 2.18. The Bertz CT molecular complexity index is 248. The molecule has 0 saturated carbocycles. The molecular formula is C6H14N2O3S. The average molecular weight is 194 g/mol. The fraction of sp³-hybridized carbons (Fsp3) is 0.833. The molecule has 3 N–H and O–H groups in total. The van der Waals surface area contributed by atoms with Crippen LogP contribution in [0.1, 0.15) is 20.3 Å². The minimum absolute atomic E-state index is 0.0449. The zero-order valence-corrected chi connectivity index (χ0v) is 8.02. The number of primary amides is 1. The number of amides is 1. The van der Waals surface area contributed by atoms with Crippen LogP contribution in [0.25, 0.3) is 0 Å². The zero-order valence-electron chi connectivity index (χ0n) is 7.20. The molecule has 0 aliphatic rings. The van der Waals surface area contributed by atoms with Gasteiger partial charge in [0, 0.05) is 0 Å². The molecule has 5 nitrogen and oxygen atoms in total. The van der Waals surface area contributed by atoms with Crippen LogP contribution in [0.5, 0.6) is 0 Å². The molecular weight excluding hydrogens is 180 g/mol. The van der Waals surface area contributed by atoms with Crippen molar-refractivity contribution >= 4 is 15.9 Å². The number of carbonyl (C=O) groups is 1. The average Bonchev–Trinajstić information content (AvgIpc) is 2.00. The number of nitrogens with two attached hydrogens (primary N) is 1. The molecule has 1 atom stereocenters. The molecule has 0 fully saturated rings. The Morgan fingerprint density at radius 3 is 2.25 bits per heavy atom. The van der Waals surface area contributed by atoms with Gasteiger partial charge in [-0.15, -0.1) is 0 Å². The molecule has 0 aromatic heterocycles. The molecule has 6 heteroatoms. The predicted octanol–water partition coefficient (Wildman–Crippen LogP) is -0.810. The van der Waals surface area contributed by atoms with E-state index in [1.807, 2.05) is 0 Å². The second-order valence-corrected chi connectivity index (χ2v) is 4.43. The van der Waals surface area contributed by atoms with Gasteiger partial charge in [-0.05, 0) is 13.3 Å². The molecule has 0 heterocycles. The van der Waals surface area contributed by atoms with Gasteiger partial charge < -0.3 is 5.73 Å². The highest BCUT2D eigenvalue weighted by atomic mass is 32.2. The van der Waals surface area contributed by atoms with E-state index in [9.17, 15) is 13.2 Å². The van der Waals surface area contributed by atoms with Crippen LogP contribution in [0.2, 0.25) is 0 Å². The molecule has 0 bridgehead atoms. The van der Waals surface area contributed by atoms with Gasteiger partial charge in [-0.3, -0.25) is 4.79 Å². The number of nitrogens with one attached hydrogen (secondary N) is 1. The third-order valence-electron chi connectivity index (χ3n) is 1.45. The summed E-state index contributed by atoms with van der Waals surface area (Å²) >= 11 is 0. The molecule has 12 heavy (non-hydrogen) atoms. The van der Waals surface area contributed by atoms with Gasteiger partial charge in [-0.2, -0.15) is 0 Å². The van der Waals surface area contributed by atoms with Crippen LogP contribution >= 0.6 is 0 Å².